The standard InChI is InChI=1S/C12H18NOS/c1-3-15-10(2)11-6-7-12(14-11)13-8-4-5-9-13/h6-7,10H,1,3-5,8-9H2,2H3. The molecule has 0 spiro atoms. The van der Waals surface area contributed by atoms with Crippen molar-refractivity contribution in [1.82, 2.24) is 0 Å². The van der Waals surface area contributed by atoms with Crippen LogP contribution in [0.5, 0.6) is 0 Å². The van der Waals surface area contributed by atoms with E-state index in [4.69, 9.17) is 4.42 Å². The first-order valence-corrected chi connectivity index (χ1v) is 6.61. The normalized spacial score (nSPS) is 18.4. The highest BCUT2D eigenvalue weighted by molar-refractivity contribution is 7.99. The molecule has 1 aliphatic rings. The third kappa shape index (κ3) is 2.51. The molecule has 1 aromatic rings. The van der Waals surface area contributed by atoms with Crippen LogP contribution in [0, 0.1) is 6.92 Å². The van der Waals surface area contributed by atoms with Crippen LogP contribution >= 0.6 is 11.8 Å². The summed E-state index contributed by atoms with van der Waals surface area (Å²) < 4.78 is 5.86. The molecule has 0 aromatic carbocycles. The van der Waals surface area contributed by atoms with Gasteiger partial charge < -0.3 is 9.32 Å². The van der Waals surface area contributed by atoms with Gasteiger partial charge in [0.1, 0.15) is 5.76 Å². The molecular weight excluding hydrogens is 206 g/mol. The SMILES string of the molecule is [CH2]CSC(C)c1ccc(N2CCCC2)o1. The third-order valence-electron chi connectivity index (χ3n) is 2.80. The van der Waals surface area contributed by atoms with Gasteiger partial charge in [-0.1, -0.05) is 0 Å². The second kappa shape index (κ2) is 4.97. The molecular formula is C12H18NOS. The molecule has 0 bridgehead atoms. The van der Waals surface area contributed by atoms with E-state index in [-0.39, 0.29) is 0 Å². The molecule has 1 aromatic heterocycles. The predicted octanol–water partition coefficient (Wildman–Crippen LogP) is 3.51. The van der Waals surface area contributed by atoms with Crippen LogP contribution in [-0.2, 0) is 0 Å². The number of hydrogen-bond acceptors (Lipinski definition) is 3. The minimum Gasteiger partial charge on any atom is -0.444 e. The molecule has 1 unspecified atom stereocenters. The Kier molecular flexibility index (Phi) is 3.62. The zero-order chi connectivity index (χ0) is 10.7. The van der Waals surface area contributed by atoms with E-state index in [9.17, 15) is 0 Å². The molecule has 1 saturated heterocycles. The molecule has 83 valence electrons. The Labute approximate surface area is 96.0 Å². The van der Waals surface area contributed by atoms with Crippen LogP contribution in [0.2, 0.25) is 0 Å². The van der Waals surface area contributed by atoms with Gasteiger partial charge in [0.2, 0.25) is 0 Å². The average Bonchev–Trinajstić information content (AvgIpc) is 2.89. The summed E-state index contributed by atoms with van der Waals surface area (Å²) in [5.74, 6) is 3.01. The largest absolute Gasteiger partial charge is 0.444 e. The lowest BCUT2D eigenvalue weighted by Gasteiger charge is -2.13. The van der Waals surface area contributed by atoms with Crippen molar-refractivity contribution < 1.29 is 4.42 Å². The van der Waals surface area contributed by atoms with E-state index < -0.39 is 0 Å². The summed E-state index contributed by atoms with van der Waals surface area (Å²) in [6.07, 6.45) is 2.58. The summed E-state index contributed by atoms with van der Waals surface area (Å²) in [5.41, 5.74) is 0. The molecule has 2 nitrogen and oxygen atoms in total. The van der Waals surface area contributed by atoms with E-state index in [1.165, 1.54) is 12.8 Å². The van der Waals surface area contributed by atoms with Gasteiger partial charge >= 0.3 is 0 Å². The zero-order valence-electron chi connectivity index (χ0n) is 9.24. The molecule has 0 N–H and O–H groups in total. The van der Waals surface area contributed by atoms with Crippen molar-refractivity contribution in [3.8, 4) is 0 Å². The second-order valence-corrected chi connectivity index (χ2v) is 5.33. The number of thioether (sulfide) groups is 1. The highest BCUT2D eigenvalue weighted by atomic mass is 32.2. The van der Waals surface area contributed by atoms with Crippen molar-refractivity contribution in [3.63, 3.8) is 0 Å². The van der Waals surface area contributed by atoms with Gasteiger partial charge in [-0.25, -0.2) is 0 Å². The number of furan rings is 1. The second-order valence-electron chi connectivity index (χ2n) is 3.88. The summed E-state index contributed by atoms with van der Waals surface area (Å²) in [5, 5.41) is 0.416. The summed E-state index contributed by atoms with van der Waals surface area (Å²) in [4.78, 5) is 2.32. The van der Waals surface area contributed by atoms with Gasteiger partial charge in [0.25, 0.3) is 0 Å². The molecule has 0 amide bonds. The molecule has 1 atom stereocenters. The quantitative estimate of drug-likeness (QED) is 0.778. The van der Waals surface area contributed by atoms with Gasteiger partial charge in [-0.3, -0.25) is 0 Å². The van der Waals surface area contributed by atoms with Crippen LogP contribution in [0.15, 0.2) is 16.5 Å². The molecule has 1 fully saturated rings. The van der Waals surface area contributed by atoms with E-state index in [0.29, 0.717) is 5.25 Å². The fourth-order valence-electron chi connectivity index (χ4n) is 1.93. The molecule has 15 heavy (non-hydrogen) atoms. The van der Waals surface area contributed by atoms with E-state index in [1.807, 2.05) is 11.8 Å². The smallest absolute Gasteiger partial charge is 0.195 e. The van der Waals surface area contributed by atoms with Gasteiger partial charge in [0.05, 0.1) is 5.25 Å². The first-order valence-electron chi connectivity index (χ1n) is 5.57. The first-order chi connectivity index (χ1) is 7.31. The maximum absolute atomic E-state index is 5.86. The topological polar surface area (TPSA) is 16.4 Å². The highest BCUT2D eigenvalue weighted by Crippen LogP contribution is 2.32. The minimum absolute atomic E-state index is 0.416. The Morgan fingerprint density at radius 1 is 1.47 bits per heavy atom. The van der Waals surface area contributed by atoms with Gasteiger partial charge in [0.15, 0.2) is 5.88 Å². The van der Waals surface area contributed by atoms with Crippen molar-refractivity contribution >= 4 is 17.6 Å². The predicted molar refractivity (Wildman–Crippen MR) is 66.4 cm³/mol. The van der Waals surface area contributed by atoms with Gasteiger partial charge in [-0.15, -0.1) is 0 Å². The van der Waals surface area contributed by atoms with Crippen molar-refractivity contribution in [1.29, 1.82) is 0 Å². The molecule has 3 heteroatoms. The lowest BCUT2D eigenvalue weighted by molar-refractivity contribution is 0.508. The maximum atomic E-state index is 5.86. The van der Waals surface area contributed by atoms with E-state index >= 15 is 0 Å². The van der Waals surface area contributed by atoms with Crippen molar-refractivity contribution in [2.75, 3.05) is 23.7 Å². The van der Waals surface area contributed by atoms with Gasteiger partial charge in [-0.05, 0) is 38.5 Å². The van der Waals surface area contributed by atoms with Gasteiger partial charge in [0, 0.05) is 19.2 Å². The van der Waals surface area contributed by atoms with Crippen LogP contribution in [0.4, 0.5) is 5.88 Å². The van der Waals surface area contributed by atoms with Gasteiger partial charge in [-0.2, -0.15) is 11.8 Å². The number of nitrogens with zero attached hydrogens (tertiary/aromatic N) is 1. The minimum atomic E-state index is 0.416. The van der Waals surface area contributed by atoms with Crippen LogP contribution in [0.1, 0.15) is 30.8 Å². The zero-order valence-corrected chi connectivity index (χ0v) is 10.1. The van der Waals surface area contributed by atoms with E-state index in [0.717, 1.165) is 30.5 Å². The lowest BCUT2D eigenvalue weighted by atomic mass is 10.3. The fourth-order valence-corrected chi connectivity index (χ4v) is 2.57. The molecule has 1 aliphatic heterocycles. The molecule has 2 rings (SSSR count). The molecule has 0 aliphatic carbocycles. The Balaban J connectivity index is 2.02. The van der Waals surface area contributed by atoms with E-state index in [1.54, 1.807) is 0 Å². The molecule has 1 radical (unpaired) electrons. The summed E-state index contributed by atoms with van der Waals surface area (Å²) in [7, 11) is 0. The number of hydrogen-bond donors (Lipinski definition) is 0. The summed E-state index contributed by atoms with van der Waals surface area (Å²) >= 11 is 1.82. The van der Waals surface area contributed by atoms with Crippen LogP contribution in [-0.4, -0.2) is 18.8 Å². The Bertz CT molecular complexity index is 304. The van der Waals surface area contributed by atoms with Crippen LogP contribution in [0.3, 0.4) is 0 Å². The summed E-state index contributed by atoms with van der Waals surface area (Å²) in [6.45, 7) is 8.30. The Hall–Kier alpha value is -0.570. The van der Waals surface area contributed by atoms with E-state index in [2.05, 4.69) is 30.9 Å². The number of anilines is 1. The Morgan fingerprint density at radius 2 is 2.20 bits per heavy atom. The van der Waals surface area contributed by atoms with Crippen LogP contribution in [0.25, 0.3) is 0 Å². The average molecular weight is 224 g/mol. The lowest BCUT2D eigenvalue weighted by Crippen LogP contribution is -2.16. The highest BCUT2D eigenvalue weighted by Gasteiger charge is 2.17. The first kappa shape index (κ1) is 10.9. The van der Waals surface area contributed by atoms with Crippen molar-refractivity contribution in [2.24, 2.45) is 0 Å². The van der Waals surface area contributed by atoms with Crippen LogP contribution < -0.4 is 4.90 Å². The third-order valence-corrected chi connectivity index (χ3v) is 3.77. The fraction of sp³-hybridized carbons (Fsp3) is 0.583. The number of rotatable bonds is 4. The summed E-state index contributed by atoms with van der Waals surface area (Å²) in [6, 6.07) is 4.20. The molecule has 0 saturated carbocycles. The Morgan fingerprint density at radius 3 is 2.87 bits per heavy atom. The van der Waals surface area contributed by atoms with Crippen molar-refractivity contribution in [3.05, 3.63) is 24.8 Å². The van der Waals surface area contributed by atoms with Crippen molar-refractivity contribution in [2.45, 2.75) is 25.0 Å². The monoisotopic (exact) mass is 224 g/mol. The maximum Gasteiger partial charge on any atom is 0.195 e. The molecule has 2 heterocycles.